The third-order valence-corrected chi connectivity index (χ3v) is 4.22. The molecule has 1 aromatic carbocycles. The molecule has 7 nitrogen and oxygen atoms in total. The Morgan fingerprint density at radius 1 is 1.17 bits per heavy atom. The van der Waals surface area contributed by atoms with E-state index in [2.05, 4.69) is 5.32 Å². The third kappa shape index (κ3) is 3.72. The van der Waals surface area contributed by atoms with E-state index < -0.39 is 12.0 Å². The zero-order chi connectivity index (χ0) is 17.9. The molecule has 0 spiro atoms. The van der Waals surface area contributed by atoms with Crippen LogP contribution in [0.2, 0.25) is 0 Å². The van der Waals surface area contributed by atoms with Crippen molar-refractivity contribution in [2.75, 3.05) is 20.8 Å². The van der Waals surface area contributed by atoms with Gasteiger partial charge in [0.05, 0.1) is 14.2 Å². The number of nitrogens with one attached hydrogen (secondary N) is 1. The molecular formula is C17H24N2O5. The Balaban J connectivity index is 2.14. The zero-order valence-corrected chi connectivity index (χ0v) is 14.5. The topological polar surface area (TPSA) is 88.1 Å². The molecule has 0 bridgehead atoms. The summed E-state index contributed by atoms with van der Waals surface area (Å²) < 4.78 is 10.6. The van der Waals surface area contributed by atoms with Crippen molar-refractivity contribution in [3.05, 3.63) is 23.3 Å². The lowest BCUT2D eigenvalue weighted by atomic mass is 9.99. The van der Waals surface area contributed by atoms with E-state index in [1.54, 1.807) is 33.0 Å². The first-order valence-corrected chi connectivity index (χ1v) is 7.89. The molecule has 1 aliphatic heterocycles. The summed E-state index contributed by atoms with van der Waals surface area (Å²) in [6.45, 7) is 4.47. The first-order valence-electron chi connectivity index (χ1n) is 7.89. The maximum atomic E-state index is 12.4. The number of benzene rings is 1. The smallest absolute Gasteiger partial charge is 0.326 e. The van der Waals surface area contributed by atoms with Crippen LogP contribution >= 0.6 is 0 Å². The van der Waals surface area contributed by atoms with Crippen LogP contribution < -0.4 is 14.8 Å². The highest BCUT2D eigenvalue weighted by Crippen LogP contribution is 2.33. The van der Waals surface area contributed by atoms with Crippen molar-refractivity contribution >= 4 is 12.0 Å². The monoisotopic (exact) mass is 336 g/mol. The van der Waals surface area contributed by atoms with Crippen LogP contribution in [0.4, 0.5) is 4.79 Å². The van der Waals surface area contributed by atoms with Crippen LogP contribution in [-0.2, 0) is 17.8 Å². The van der Waals surface area contributed by atoms with Crippen molar-refractivity contribution in [1.29, 1.82) is 0 Å². The number of fused-ring (bicyclic) bond motifs is 1. The lowest BCUT2D eigenvalue weighted by molar-refractivity contribution is -0.140. The van der Waals surface area contributed by atoms with E-state index >= 15 is 0 Å². The third-order valence-electron chi connectivity index (χ3n) is 4.22. The highest BCUT2D eigenvalue weighted by atomic mass is 16.5. The van der Waals surface area contributed by atoms with Crippen LogP contribution in [0, 0.1) is 5.92 Å². The highest BCUT2D eigenvalue weighted by Gasteiger charge is 2.28. The summed E-state index contributed by atoms with van der Waals surface area (Å²) in [5.41, 5.74) is 2.08. The Labute approximate surface area is 141 Å². The second-order valence-corrected chi connectivity index (χ2v) is 6.16. The van der Waals surface area contributed by atoms with Crippen molar-refractivity contribution < 1.29 is 24.2 Å². The minimum Gasteiger partial charge on any atom is -0.493 e. The van der Waals surface area contributed by atoms with Crippen LogP contribution in [0.5, 0.6) is 11.5 Å². The first kappa shape index (κ1) is 17.9. The van der Waals surface area contributed by atoms with Crippen molar-refractivity contribution in [2.45, 2.75) is 32.9 Å². The van der Waals surface area contributed by atoms with Crippen molar-refractivity contribution in [1.82, 2.24) is 10.2 Å². The SMILES string of the molecule is COc1cc2c(cc1OC)CN(C(=O)N[C@H](C(=O)O)C(C)C)CC2. The number of hydrogen-bond donors (Lipinski definition) is 2. The van der Waals surface area contributed by atoms with Gasteiger partial charge in [0.2, 0.25) is 0 Å². The number of aliphatic carboxylic acids is 1. The number of carbonyl (C=O) groups is 2. The van der Waals surface area contributed by atoms with Crippen molar-refractivity contribution in [3.63, 3.8) is 0 Å². The molecule has 0 radical (unpaired) electrons. The van der Waals surface area contributed by atoms with E-state index in [-0.39, 0.29) is 11.9 Å². The van der Waals surface area contributed by atoms with Gasteiger partial charge in [-0.05, 0) is 35.6 Å². The number of carbonyl (C=O) groups excluding carboxylic acids is 1. The number of carboxylic acids is 1. The van der Waals surface area contributed by atoms with Gasteiger partial charge in [0.1, 0.15) is 6.04 Å². The van der Waals surface area contributed by atoms with Gasteiger partial charge < -0.3 is 24.8 Å². The molecule has 0 fully saturated rings. The molecule has 0 aliphatic carbocycles. The molecule has 7 heteroatoms. The molecular weight excluding hydrogens is 312 g/mol. The second-order valence-electron chi connectivity index (χ2n) is 6.16. The van der Waals surface area contributed by atoms with E-state index in [4.69, 9.17) is 9.47 Å². The lowest BCUT2D eigenvalue weighted by Gasteiger charge is -2.31. The van der Waals surface area contributed by atoms with Crippen LogP contribution in [0.3, 0.4) is 0 Å². The van der Waals surface area contributed by atoms with Gasteiger partial charge >= 0.3 is 12.0 Å². The van der Waals surface area contributed by atoms with E-state index in [9.17, 15) is 14.7 Å². The molecule has 2 N–H and O–H groups in total. The Bertz CT molecular complexity index is 630. The predicted molar refractivity (Wildman–Crippen MR) is 88.5 cm³/mol. The van der Waals surface area contributed by atoms with Crippen molar-refractivity contribution in [3.8, 4) is 11.5 Å². The Hall–Kier alpha value is -2.44. The Kier molecular flexibility index (Phi) is 5.54. The number of hydrogen-bond acceptors (Lipinski definition) is 4. The van der Waals surface area contributed by atoms with Crippen LogP contribution in [-0.4, -0.2) is 48.8 Å². The van der Waals surface area contributed by atoms with Gasteiger partial charge in [-0.15, -0.1) is 0 Å². The average Bonchev–Trinajstić information content (AvgIpc) is 2.56. The van der Waals surface area contributed by atoms with E-state index in [1.807, 2.05) is 12.1 Å². The summed E-state index contributed by atoms with van der Waals surface area (Å²) in [6, 6.07) is 2.53. The highest BCUT2D eigenvalue weighted by molar-refractivity contribution is 5.83. The minimum atomic E-state index is -1.03. The molecule has 1 aliphatic rings. The summed E-state index contributed by atoms with van der Waals surface area (Å²) in [4.78, 5) is 25.3. The van der Waals surface area contributed by atoms with Gasteiger partial charge in [-0.25, -0.2) is 9.59 Å². The maximum absolute atomic E-state index is 12.4. The lowest BCUT2D eigenvalue weighted by Crippen LogP contribution is -2.51. The van der Waals surface area contributed by atoms with Gasteiger partial charge in [-0.3, -0.25) is 0 Å². The number of urea groups is 1. The number of nitrogens with zero attached hydrogens (tertiary/aromatic N) is 1. The average molecular weight is 336 g/mol. The summed E-state index contributed by atoms with van der Waals surface area (Å²) >= 11 is 0. The maximum Gasteiger partial charge on any atom is 0.326 e. The van der Waals surface area contributed by atoms with E-state index in [0.717, 1.165) is 11.1 Å². The van der Waals surface area contributed by atoms with Crippen molar-refractivity contribution in [2.24, 2.45) is 5.92 Å². The molecule has 24 heavy (non-hydrogen) atoms. The molecule has 2 amide bonds. The van der Waals surface area contributed by atoms with Crippen LogP contribution in [0.1, 0.15) is 25.0 Å². The van der Waals surface area contributed by atoms with Gasteiger partial charge in [-0.2, -0.15) is 0 Å². The number of methoxy groups -OCH3 is 2. The van der Waals surface area contributed by atoms with Gasteiger partial charge in [0.25, 0.3) is 0 Å². The largest absolute Gasteiger partial charge is 0.493 e. The quantitative estimate of drug-likeness (QED) is 0.857. The van der Waals surface area contributed by atoms with Gasteiger partial charge in [0.15, 0.2) is 11.5 Å². The van der Waals surface area contributed by atoms with Crippen LogP contribution in [0.15, 0.2) is 12.1 Å². The zero-order valence-electron chi connectivity index (χ0n) is 14.5. The predicted octanol–water partition coefficient (Wildman–Crippen LogP) is 1.88. The summed E-state index contributed by atoms with van der Waals surface area (Å²) in [6.07, 6.45) is 0.683. The number of carboxylic acid groups (broad SMARTS) is 1. The fraction of sp³-hybridized carbons (Fsp3) is 0.529. The van der Waals surface area contributed by atoms with Gasteiger partial charge in [0, 0.05) is 13.1 Å². The Morgan fingerprint density at radius 3 is 2.25 bits per heavy atom. The molecule has 0 saturated heterocycles. The summed E-state index contributed by atoms with van der Waals surface area (Å²) in [5.74, 6) is 0.0686. The molecule has 1 aromatic rings. The van der Waals surface area contributed by atoms with E-state index in [1.165, 1.54) is 0 Å². The summed E-state index contributed by atoms with van der Waals surface area (Å²) in [7, 11) is 3.16. The minimum absolute atomic E-state index is 0.187. The van der Waals surface area contributed by atoms with E-state index in [0.29, 0.717) is 31.0 Å². The fourth-order valence-electron chi connectivity index (χ4n) is 2.79. The summed E-state index contributed by atoms with van der Waals surface area (Å²) in [5, 5.41) is 11.8. The molecule has 1 atom stereocenters. The normalized spacial score (nSPS) is 14.8. The molecule has 2 rings (SSSR count). The fourth-order valence-corrected chi connectivity index (χ4v) is 2.79. The molecule has 0 saturated carbocycles. The molecule has 0 aromatic heterocycles. The first-order chi connectivity index (χ1) is 11.4. The molecule has 132 valence electrons. The molecule has 0 unspecified atom stereocenters. The number of ether oxygens (including phenoxy) is 2. The van der Waals surface area contributed by atoms with Gasteiger partial charge in [-0.1, -0.05) is 13.8 Å². The molecule has 1 heterocycles. The standard InChI is InChI=1S/C17H24N2O5/c1-10(2)15(16(20)21)18-17(22)19-6-5-11-7-13(23-3)14(24-4)8-12(11)9-19/h7-8,10,15H,5-6,9H2,1-4H3,(H,18,22)(H,20,21)/t15-/m0/s1. The van der Waals surface area contributed by atoms with Crippen LogP contribution in [0.25, 0.3) is 0 Å². The number of rotatable bonds is 5. The Morgan fingerprint density at radius 2 is 1.75 bits per heavy atom. The second kappa shape index (κ2) is 7.42. The number of amides is 2.